The van der Waals surface area contributed by atoms with Gasteiger partial charge in [0.05, 0.1) is 17.5 Å². The number of carbonyl (C=O) groups is 2. The Morgan fingerprint density at radius 1 is 1.11 bits per heavy atom. The van der Waals surface area contributed by atoms with E-state index in [4.69, 9.17) is 0 Å². The van der Waals surface area contributed by atoms with Crippen LogP contribution in [-0.4, -0.2) is 16.9 Å². The van der Waals surface area contributed by atoms with Gasteiger partial charge in [-0.3, -0.25) is 9.59 Å². The summed E-state index contributed by atoms with van der Waals surface area (Å²) < 4.78 is 0. The standard InChI is InChI=1S/C15H15NO3/c1-9-8-10(17)6-7-13(9)16-14(18)11-4-2-3-5-12(11)15(16)19/h2-3,6-8,11-12,17H,4-5H2,1H3. The number of imide groups is 1. The summed E-state index contributed by atoms with van der Waals surface area (Å²) in [6.07, 6.45) is 5.23. The number of carbonyl (C=O) groups excluding carboxylic acids is 2. The van der Waals surface area contributed by atoms with Crippen molar-refractivity contribution in [2.24, 2.45) is 11.8 Å². The lowest BCUT2D eigenvalue weighted by molar-refractivity contribution is -0.122. The summed E-state index contributed by atoms with van der Waals surface area (Å²) in [7, 11) is 0. The summed E-state index contributed by atoms with van der Waals surface area (Å²) in [5, 5.41) is 9.42. The molecule has 0 aromatic heterocycles. The lowest BCUT2D eigenvalue weighted by Crippen LogP contribution is -2.31. The Labute approximate surface area is 111 Å². The molecule has 1 aromatic carbocycles. The molecule has 1 aliphatic heterocycles. The highest BCUT2D eigenvalue weighted by atomic mass is 16.3. The largest absolute Gasteiger partial charge is 0.508 e. The van der Waals surface area contributed by atoms with Crippen molar-refractivity contribution < 1.29 is 14.7 Å². The minimum atomic E-state index is -0.217. The fraction of sp³-hybridized carbons (Fsp3) is 0.333. The van der Waals surface area contributed by atoms with Crippen molar-refractivity contribution in [1.82, 2.24) is 0 Å². The first-order chi connectivity index (χ1) is 9.09. The molecule has 1 fully saturated rings. The molecule has 2 unspecified atom stereocenters. The zero-order valence-corrected chi connectivity index (χ0v) is 10.7. The first kappa shape index (κ1) is 12.0. The number of rotatable bonds is 1. The number of benzene rings is 1. The Bertz CT molecular complexity index is 565. The Morgan fingerprint density at radius 2 is 1.68 bits per heavy atom. The van der Waals surface area contributed by atoms with Crippen LogP contribution in [0.5, 0.6) is 5.75 Å². The van der Waals surface area contributed by atoms with Crippen molar-refractivity contribution in [1.29, 1.82) is 0 Å². The van der Waals surface area contributed by atoms with Gasteiger partial charge in [-0.2, -0.15) is 0 Å². The highest BCUT2D eigenvalue weighted by molar-refractivity contribution is 6.22. The van der Waals surface area contributed by atoms with Crippen LogP contribution in [0.25, 0.3) is 0 Å². The van der Waals surface area contributed by atoms with Gasteiger partial charge in [-0.25, -0.2) is 4.90 Å². The molecule has 98 valence electrons. The van der Waals surface area contributed by atoms with Gasteiger partial charge in [-0.05, 0) is 43.5 Å². The molecule has 2 aliphatic rings. The molecule has 0 radical (unpaired) electrons. The molecule has 1 heterocycles. The summed E-state index contributed by atoms with van der Waals surface area (Å²) in [5.74, 6) is -0.530. The van der Waals surface area contributed by atoms with Gasteiger partial charge in [0.1, 0.15) is 5.75 Å². The quantitative estimate of drug-likeness (QED) is 0.619. The smallest absolute Gasteiger partial charge is 0.238 e. The summed E-state index contributed by atoms with van der Waals surface area (Å²) >= 11 is 0. The van der Waals surface area contributed by atoms with Crippen LogP contribution < -0.4 is 4.90 Å². The second-order valence-corrected chi connectivity index (χ2v) is 5.14. The Morgan fingerprint density at radius 3 is 2.21 bits per heavy atom. The number of allylic oxidation sites excluding steroid dienone is 2. The van der Waals surface area contributed by atoms with Gasteiger partial charge < -0.3 is 5.11 Å². The van der Waals surface area contributed by atoms with E-state index in [1.807, 2.05) is 12.2 Å². The Hall–Kier alpha value is -2.10. The predicted molar refractivity (Wildman–Crippen MR) is 70.7 cm³/mol. The average molecular weight is 257 g/mol. The monoisotopic (exact) mass is 257 g/mol. The van der Waals surface area contributed by atoms with Gasteiger partial charge in [0.25, 0.3) is 0 Å². The molecular weight excluding hydrogens is 242 g/mol. The highest BCUT2D eigenvalue weighted by Crippen LogP contribution is 2.39. The van der Waals surface area contributed by atoms with Gasteiger partial charge in [0, 0.05) is 0 Å². The summed E-state index contributed by atoms with van der Waals surface area (Å²) in [5.41, 5.74) is 1.32. The molecule has 1 aromatic rings. The van der Waals surface area contributed by atoms with E-state index in [0.29, 0.717) is 18.5 Å². The topological polar surface area (TPSA) is 57.6 Å². The van der Waals surface area contributed by atoms with E-state index < -0.39 is 0 Å². The van der Waals surface area contributed by atoms with E-state index in [9.17, 15) is 14.7 Å². The third-order valence-corrected chi connectivity index (χ3v) is 3.93. The highest BCUT2D eigenvalue weighted by Gasteiger charge is 2.48. The van der Waals surface area contributed by atoms with Gasteiger partial charge >= 0.3 is 0 Å². The zero-order chi connectivity index (χ0) is 13.6. The van der Waals surface area contributed by atoms with E-state index in [1.54, 1.807) is 19.1 Å². The molecule has 0 bridgehead atoms. The zero-order valence-electron chi connectivity index (χ0n) is 10.7. The molecule has 4 heteroatoms. The number of amides is 2. The molecule has 3 rings (SSSR count). The second kappa shape index (κ2) is 4.23. The van der Waals surface area contributed by atoms with Crippen LogP contribution in [-0.2, 0) is 9.59 Å². The molecule has 0 spiro atoms. The molecular formula is C15H15NO3. The van der Waals surface area contributed by atoms with Crippen LogP contribution >= 0.6 is 0 Å². The molecule has 2 amide bonds. The van der Waals surface area contributed by atoms with Crippen molar-refractivity contribution >= 4 is 17.5 Å². The second-order valence-electron chi connectivity index (χ2n) is 5.14. The minimum absolute atomic E-state index is 0.117. The predicted octanol–water partition coefficient (Wildman–Crippen LogP) is 2.16. The van der Waals surface area contributed by atoms with Crippen molar-refractivity contribution in [3.8, 4) is 5.75 Å². The van der Waals surface area contributed by atoms with Crippen molar-refractivity contribution in [2.75, 3.05) is 4.90 Å². The number of nitrogens with zero attached hydrogens (tertiary/aromatic N) is 1. The van der Waals surface area contributed by atoms with Gasteiger partial charge in [0.2, 0.25) is 11.8 Å². The Kier molecular flexibility index (Phi) is 2.66. The molecule has 1 saturated heterocycles. The van der Waals surface area contributed by atoms with E-state index in [0.717, 1.165) is 5.56 Å². The lowest BCUT2D eigenvalue weighted by atomic mass is 9.85. The first-order valence-corrected chi connectivity index (χ1v) is 6.42. The molecule has 19 heavy (non-hydrogen) atoms. The van der Waals surface area contributed by atoms with Crippen molar-refractivity contribution in [3.05, 3.63) is 35.9 Å². The van der Waals surface area contributed by atoms with Crippen LogP contribution in [0.3, 0.4) is 0 Å². The number of phenols is 1. The number of aryl methyl sites for hydroxylation is 1. The molecule has 1 aliphatic carbocycles. The lowest BCUT2D eigenvalue weighted by Gasteiger charge is -2.17. The minimum Gasteiger partial charge on any atom is -0.508 e. The van der Waals surface area contributed by atoms with Crippen LogP contribution in [0, 0.1) is 18.8 Å². The maximum atomic E-state index is 12.4. The van der Waals surface area contributed by atoms with Crippen LogP contribution in [0.2, 0.25) is 0 Å². The maximum absolute atomic E-state index is 12.4. The van der Waals surface area contributed by atoms with Crippen molar-refractivity contribution in [3.63, 3.8) is 0 Å². The average Bonchev–Trinajstić information content (AvgIpc) is 2.64. The number of anilines is 1. The van der Waals surface area contributed by atoms with E-state index in [-0.39, 0.29) is 29.4 Å². The van der Waals surface area contributed by atoms with Crippen LogP contribution in [0.1, 0.15) is 18.4 Å². The first-order valence-electron chi connectivity index (χ1n) is 6.42. The SMILES string of the molecule is Cc1cc(O)ccc1N1C(=O)C2CC=CCC2C1=O. The molecule has 4 nitrogen and oxygen atoms in total. The van der Waals surface area contributed by atoms with Gasteiger partial charge in [-0.15, -0.1) is 0 Å². The molecule has 0 saturated carbocycles. The van der Waals surface area contributed by atoms with Gasteiger partial charge in [0.15, 0.2) is 0 Å². The van der Waals surface area contributed by atoms with E-state index >= 15 is 0 Å². The number of hydrogen-bond acceptors (Lipinski definition) is 3. The third-order valence-electron chi connectivity index (χ3n) is 3.93. The fourth-order valence-corrected chi connectivity index (χ4v) is 2.93. The number of hydrogen-bond donors (Lipinski definition) is 1. The molecule has 2 atom stereocenters. The van der Waals surface area contributed by atoms with Crippen molar-refractivity contribution in [2.45, 2.75) is 19.8 Å². The summed E-state index contributed by atoms with van der Waals surface area (Å²) in [6.45, 7) is 1.79. The number of phenolic OH excluding ortho intramolecular Hbond substituents is 1. The van der Waals surface area contributed by atoms with Crippen LogP contribution in [0.4, 0.5) is 5.69 Å². The number of fused-ring (bicyclic) bond motifs is 1. The third kappa shape index (κ3) is 1.75. The summed E-state index contributed by atoms with van der Waals surface area (Å²) in [6, 6.07) is 4.70. The van der Waals surface area contributed by atoms with E-state index in [1.165, 1.54) is 11.0 Å². The Balaban J connectivity index is 2.02. The van der Waals surface area contributed by atoms with Gasteiger partial charge in [-0.1, -0.05) is 12.2 Å². The van der Waals surface area contributed by atoms with Crippen LogP contribution in [0.15, 0.2) is 30.4 Å². The fourth-order valence-electron chi connectivity index (χ4n) is 2.93. The van der Waals surface area contributed by atoms with E-state index in [2.05, 4.69) is 0 Å². The number of aromatic hydroxyl groups is 1. The molecule has 1 N–H and O–H groups in total. The maximum Gasteiger partial charge on any atom is 0.238 e. The summed E-state index contributed by atoms with van der Waals surface area (Å²) in [4.78, 5) is 26.1. The normalized spacial score (nSPS) is 25.8.